The van der Waals surface area contributed by atoms with Gasteiger partial charge in [0.05, 0.1) is 22.8 Å². The smallest absolute Gasteiger partial charge is 0.328 e. The van der Waals surface area contributed by atoms with Gasteiger partial charge in [-0.1, -0.05) is 0 Å². The number of aliphatic carboxylic acids is 2. The molecule has 0 saturated heterocycles. The first-order valence-electron chi connectivity index (χ1n) is 14.2. The van der Waals surface area contributed by atoms with Crippen molar-refractivity contribution >= 4 is 93.7 Å². The van der Waals surface area contributed by atoms with Gasteiger partial charge in [0.2, 0.25) is 0 Å². The van der Waals surface area contributed by atoms with Crippen LogP contribution in [0, 0.1) is 13.8 Å². The normalized spacial score (nSPS) is 14.3. The summed E-state index contributed by atoms with van der Waals surface area (Å²) in [4.78, 5) is 40.1. The zero-order valence-electron chi connectivity index (χ0n) is 25.1. The molecule has 5 heterocycles. The number of H-pyrrole nitrogens is 2. The molecule has 0 radical (unpaired) electrons. The Labute approximate surface area is 266 Å². The van der Waals surface area contributed by atoms with Gasteiger partial charge in [-0.25, -0.2) is 14.8 Å². The van der Waals surface area contributed by atoms with Gasteiger partial charge in [0.25, 0.3) is 0 Å². The largest absolute Gasteiger partial charge is 0.481 e. The van der Waals surface area contributed by atoms with Crippen LogP contribution in [0.3, 0.4) is 0 Å². The molecule has 1 atom stereocenters. The Morgan fingerprint density at radius 3 is 2.00 bits per heavy atom. The molecule has 4 N–H and O–H groups in total. The zero-order chi connectivity index (χ0) is 31.9. The standard InChI is InChI=1S/C34H34N4O4S2/c1-16-21(6-8-32(39)40)29-15-30-22(7-9-33(41)42)17(2)25(36-30)13-28-23(10-11-43)18(3)26(37-28)14-31-34(20(5)44)19(4)27(38-31)12-24(16)35-29/h7,9-15,20,36-37,43-44H,6,8H2,1-5H3,(H,39,40)(H,41,42)/b9-7+,11-10-,24-12?,25-13?,26-14?,27-12?,28-13?,29-15?,30-15?,31-14?/t20-/m0/s1. The van der Waals surface area contributed by atoms with Crippen molar-refractivity contribution in [2.45, 2.75) is 52.7 Å². The molecule has 0 amide bonds. The van der Waals surface area contributed by atoms with Gasteiger partial charge in [-0.2, -0.15) is 25.3 Å². The van der Waals surface area contributed by atoms with Crippen LogP contribution in [0.15, 0.2) is 35.7 Å². The number of aromatic nitrogens is 4. The number of aryl methyl sites for hydroxylation is 2. The van der Waals surface area contributed by atoms with E-state index in [9.17, 15) is 19.8 Å². The van der Waals surface area contributed by atoms with Gasteiger partial charge in [0.1, 0.15) is 0 Å². The number of nitrogens with zero attached hydrogens (tertiary/aromatic N) is 2. The second kappa shape index (κ2) is 12.4. The Balaban J connectivity index is 1.98. The molecule has 8 bridgehead atoms. The number of hydrogen-bond acceptors (Lipinski definition) is 6. The lowest BCUT2D eigenvalue weighted by molar-refractivity contribution is -0.137. The van der Waals surface area contributed by atoms with Crippen LogP contribution in [0.5, 0.6) is 0 Å². The van der Waals surface area contributed by atoms with E-state index in [2.05, 4.69) is 22.6 Å². The Hall–Kier alpha value is -4.28. The summed E-state index contributed by atoms with van der Waals surface area (Å²) < 4.78 is 0. The summed E-state index contributed by atoms with van der Waals surface area (Å²) in [5, 5.41) is 20.5. The fourth-order valence-electron chi connectivity index (χ4n) is 5.85. The number of hydrogen-bond donors (Lipinski definition) is 6. The molecule has 0 aliphatic carbocycles. The lowest BCUT2D eigenvalue weighted by Crippen LogP contribution is -1.95. The minimum atomic E-state index is -1.06. The SMILES string of the molecule is CC1=C(CCC(=O)O)c2cc3[nH]c(cc4[nH]c(cc5nc(cc1n2)C(C)=C5[C@H](C)S)c(C)c4/C=C\S)c(C)c3/C=C/C(=O)O. The fraction of sp³-hybridized carbons (Fsp3) is 0.235. The van der Waals surface area contributed by atoms with Gasteiger partial charge in [0, 0.05) is 50.9 Å². The van der Waals surface area contributed by atoms with Crippen LogP contribution in [0.25, 0.3) is 56.5 Å². The molecule has 0 unspecified atom stereocenters. The number of carbonyl (C=O) groups is 2. The van der Waals surface area contributed by atoms with Crippen molar-refractivity contribution < 1.29 is 19.8 Å². The number of thiol groups is 2. The molecule has 2 aliphatic heterocycles. The van der Waals surface area contributed by atoms with Gasteiger partial charge in [-0.05, 0) is 116 Å². The number of aromatic amines is 2. The van der Waals surface area contributed by atoms with E-state index >= 15 is 0 Å². The summed E-state index contributed by atoms with van der Waals surface area (Å²) in [7, 11) is 0. The third-order valence-electron chi connectivity index (χ3n) is 8.19. The van der Waals surface area contributed by atoms with E-state index in [1.165, 1.54) is 0 Å². The molecule has 0 spiro atoms. The van der Waals surface area contributed by atoms with Crippen molar-refractivity contribution in [3.63, 3.8) is 0 Å². The first-order chi connectivity index (χ1) is 20.9. The Morgan fingerprint density at radius 2 is 1.39 bits per heavy atom. The predicted molar refractivity (Wildman–Crippen MR) is 185 cm³/mol. The number of allylic oxidation sites excluding steroid dienone is 3. The summed E-state index contributed by atoms with van der Waals surface area (Å²) in [6.45, 7) is 9.97. The summed E-state index contributed by atoms with van der Waals surface area (Å²) >= 11 is 9.14. The molecule has 44 heavy (non-hydrogen) atoms. The molecule has 0 saturated carbocycles. The van der Waals surface area contributed by atoms with E-state index < -0.39 is 11.9 Å². The molecular formula is C34H34N4O4S2. The molecule has 10 heteroatoms. The summed E-state index contributed by atoms with van der Waals surface area (Å²) in [5.74, 6) is -1.96. The van der Waals surface area contributed by atoms with Crippen molar-refractivity contribution in [2.75, 3.05) is 0 Å². The molecule has 0 aromatic carbocycles. The number of carboxylic acid groups (broad SMARTS) is 2. The highest BCUT2D eigenvalue weighted by atomic mass is 32.1. The number of nitrogens with one attached hydrogen (secondary N) is 2. The number of carboxylic acids is 2. The van der Waals surface area contributed by atoms with Crippen LogP contribution in [0.1, 0.15) is 78.6 Å². The van der Waals surface area contributed by atoms with Gasteiger partial charge in [0.15, 0.2) is 0 Å². The van der Waals surface area contributed by atoms with E-state index in [-0.39, 0.29) is 11.7 Å². The molecule has 3 aromatic heterocycles. The minimum Gasteiger partial charge on any atom is -0.481 e. The van der Waals surface area contributed by atoms with Crippen LogP contribution in [-0.4, -0.2) is 47.3 Å². The maximum atomic E-state index is 11.6. The average Bonchev–Trinajstić information content (AvgIpc) is 3.61. The summed E-state index contributed by atoms with van der Waals surface area (Å²) in [5.41, 5.74) is 13.3. The first kappa shape index (κ1) is 31.2. The van der Waals surface area contributed by atoms with Gasteiger partial charge in [-0.3, -0.25) is 4.79 Å². The fourth-order valence-corrected chi connectivity index (χ4v) is 6.32. The Morgan fingerprint density at radius 1 is 0.818 bits per heavy atom. The molecule has 226 valence electrons. The summed E-state index contributed by atoms with van der Waals surface area (Å²) in [6, 6.07) is 7.85. The minimum absolute atomic E-state index is 0.0504. The van der Waals surface area contributed by atoms with Crippen molar-refractivity contribution in [1.29, 1.82) is 0 Å². The lowest BCUT2D eigenvalue weighted by Gasteiger charge is -2.07. The topological polar surface area (TPSA) is 132 Å². The van der Waals surface area contributed by atoms with E-state index in [1.54, 1.807) is 11.5 Å². The molecule has 3 aromatic rings. The van der Waals surface area contributed by atoms with Crippen molar-refractivity contribution in [2.24, 2.45) is 0 Å². The van der Waals surface area contributed by atoms with Crippen LogP contribution >= 0.6 is 25.3 Å². The highest BCUT2D eigenvalue weighted by Crippen LogP contribution is 2.38. The average molecular weight is 627 g/mol. The van der Waals surface area contributed by atoms with Crippen LogP contribution in [-0.2, 0) is 9.59 Å². The maximum absolute atomic E-state index is 11.6. The highest BCUT2D eigenvalue weighted by molar-refractivity contribution is 7.83. The zero-order valence-corrected chi connectivity index (χ0v) is 26.9. The molecule has 0 fully saturated rings. The molecule has 2 aliphatic rings. The van der Waals surface area contributed by atoms with Crippen molar-refractivity contribution in [3.05, 3.63) is 80.8 Å². The maximum Gasteiger partial charge on any atom is 0.328 e. The van der Waals surface area contributed by atoms with E-state index in [4.69, 9.17) is 22.6 Å². The van der Waals surface area contributed by atoms with E-state index in [0.29, 0.717) is 28.9 Å². The van der Waals surface area contributed by atoms with E-state index in [1.807, 2.05) is 65.0 Å². The van der Waals surface area contributed by atoms with Crippen LogP contribution in [0.4, 0.5) is 0 Å². The monoisotopic (exact) mass is 626 g/mol. The van der Waals surface area contributed by atoms with Crippen LogP contribution < -0.4 is 0 Å². The quantitative estimate of drug-likeness (QED) is 0.116. The van der Waals surface area contributed by atoms with E-state index in [0.717, 1.165) is 73.0 Å². The lowest BCUT2D eigenvalue weighted by atomic mass is 10.00. The second-order valence-corrected chi connectivity index (χ2v) is 12.1. The second-order valence-electron chi connectivity index (χ2n) is 11.0. The van der Waals surface area contributed by atoms with Crippen molar-refractivity contribution in [1.82, 2.24) is 19.9 Å². The Kier molecular flexibility index (Phi) is 8.76. The third kappa shape index (κ3) is 5.92. The number of fused-ring (bicyclic) bond motifs is 8. The van der Waals surface area contributed by atoms with Gasteiger partial charge < -0.3 is 20.2 Å². The van der Waals surface area contributed by atoms with Crippen LogP contribution in [0.2, 0.25) is 0 Å². The van der Waals surface area contributed by atoms with Gasteiger partial charge in [-0.15, -0.1) is 0 Å². The molecule has 8 nitrogen and oxygen atoms in total. The molecule has 5 rings (SSSR count). The molecular weight excluding hydrogens is 593 g/mol. The summed E-state index contributed by atoms with van der Waals surface area (Å²) in [6.07, 6.45) is 4.85. The van der Waals surface area contributed by atoms with Gasteiger partial charge >= 0.3 is 11.9 Å². The van der Waals surface area contributed by atoms with Crippen molar-refractivity contribution in [3.8, 4) is 0 Å². The third-order valence-corrected chi connectivity index (χ3v) is 8.60. The number of rotatable bonds is 7. The Bertz CT molecular complexity index is 2010. The highest BCUT2D eigenvalue weighted by Gasteiger charge is 2.23. The first-order valence-corrected chi connectivity index (χ1v) is 15.2. The predicted octanol–water partition coefficient (Wildman–Crippen LogP) is 7.97.